The van der Waals surface area contributed by atoms with Crippen molar-refractivity contribution in [2.24, 2.45) is 5.92 Å². The Morgan fingerprint density at radius 1 is 1.14 bits per heavy atom. The summed E-state index contributed by atoms with van der Waals surface area (Å²) >= 11 is 1.60. The molecule has 4 rings (SSSR count). The number of carbonyl (C=O) groups excluding carboxylic acids is 2. The molecule has 1 saturated heterocycles. The smallest absolute Gasteiger partial charge is 0.263 e. The van der Waals surface area contributed by atoms with Crippen molar-refractivity contribution in [1.82, 2.24) is 10.2 Å². The lowest BCUT2D eigenvalue weighted by Gasteiger charge is -2.26. The van der Waals surface area contributed by atoms with Gasteiger partial charge in [0.1, 0.15) is 5.82 Å². The molecule has 28 heavy (non-hydrogen) atoms. The number of amides is 2. The predicted molar refractivity (Wildman–Crippen MR) is 108 cm³/mol. The van der Waals surface area contributed by atoms with Gasteiger partial charge in [0.15, 0.2) is 0 Å². The maximum absolute atomic E-state index is 13.0. The van der Waals surface area contributed by atoms with Crippen LogP contribution >= 0.6 is 11.3 Å². The average molecular weight is 401 g/mol. The summed E-state index contributed by atoms with van der Waals surface area (Å²) < 4.78 is 13.0. The SMILES string of the molecule is O=C(NCc1ccc(F)cc1)C1CCc2sc(C(=O)N3CCCCC3)cc2C1. The van der Waals surface area contributed by atoms with Crippen molar-refractivity contribution in [1.29, 1.82) is 0 Å². The van der Waals surface area contributed by atoms with Gasteiger partial charge in [-0.1, -0.05) is 12.1 Å². The number of rotatable bonds is 4. The number of hydrogen-bond donors (Lipinski definition) is 1. The van der Waals surface area contributed by atoms with Gasteiger partial charge < -0.3 is 10.2 Å². The highest BCUT2D eigenvalue weighted by Gasteiger charge is 2.28. The molecule has 0 spiro atoms. The number of benzene rings is 1. The second kappa shape index (κ2) is 8.43. The van der Waals surface area contributed by atoms with E-state index >= 15 is 0 Å². The van der Waals surface area contributed by atoms with Gasteiger partial charge in [0.2, 0.25) is 5.91 Å². The highest BCUT2D eigenvalue weighted by Crippen LogP contribution is 2.33. The van der Waals surface area contributed by atoms with Crippen LogP contribution in [0.4, 0.5) is 4.39 Å². The first-order chi connectivity index (χ1) is 13.6. The molecule has 1 aromatic carbocycles. The molecule has 1 aromatic heterocycles. The number of nitrogens with zero attached hydrogens (tertiary/aromatic N) is 1. The maximum Gasteiger partial charge on any atom is 0.263 e. The summed E-state index contributed by atoms with van der Waals surface area (Å²) in [5, 5.41) is 2.97. The van der Waals surface area contributed by atoms with E-state index in [1.54, 1.807) is 23.5 Å². The summed E-state index contributed by atoms with van der Waals surface area (Å²) in [6, 6.07) is 8.19. The number of halogens is 1. The Bertz CT molecular complexity index is 856. The summed E-state index contributed by atoms with van der Waals surface area (Å²) in [7, 11) is 0. The molecule has 148 valence electrons. The van der Waals surface area contributed by atoms with Crippen molar-refractivity contribution in [3.63, 3.8) is 0 Å². The molecule has 4 nitrogen and oxygen atoms in total. The Balaban J connectivity index is 1.36. The lowest BCUT2D eigenvalue weighted by atomic mass is 9.87. The van der Waals surface area contributed by atoms with E-state index in [0.29, 0.717) is 13.0 Å². The summed E-state index contributed by atoms with van der Waals surface area (Å²) in [5.74, 6) is -0.163. The van der Waals surface area contributed by atoms with Gasteiger partial charge in [0.05, 0.1) is 4.88 Å². The van der Waals surface area contributed by atoms with E-state index in [0.717, 1.165) is 54.8 Å². The first kappa shape index (κ1) is 19.1. The van der Waals surface area contributed by atoms with E-state index in [-0.39, 0.29) is 23.5 Å². The number of piperidine rings is 1. The van der Waals surface area contributed by atoms with E-state index < -0.39 is 0 Å². The van der Waals surface area contributed by atoms with E-state index in [1.807, 2.05) is 11.0 Å². The zero-order valence-corrected chi connectivity index (χ0v) is 16.7. The second-order valence-corrected chi connectivity index (χ2v) is 8.83. The molecular weight excluding hydrogens is 375 g/mol. The first-order valence-electron chi connectivity index (χ1n) is 10.0. The van der Waals surface area contributed by atoms with Gasteiger partial charge in [-0.15, -0.1) is 11.3 Å². The van der Waals surface area contributed by atoms with Crippen LogP contribution in [0.5, 0.6) is 0 Å². The van der Waals surface area contributed by atoms with Gasteiger partial charge in [0.25, 0.3) is 5.91 Å². The summed E-state index contributed by atoms with van der Waals surface area (Å²) in [5.41, 5.74) is 2.04. The number of thiophene rings is 1. The Labute approximate surface area is 168 Å². The normalized spacial score (nSPS) is 19.2. The van der Waals surface area contributed by atoms with E-state index in [2.05, 4.69) is 5.32 Å². The Kier molecular flexibility index (Phi) is 5.76. The lowest BCUT2D eigenvalue weighted by molar-refractivity contribution is -0.125. The third kappa shape index (κ3) is 4.27. The van der Waals surface area contributed by atoms with Gasteiger partial charge >= 0.3 is 0 Å². The minimum Gasteiger partial charge on any atom is -0.352 e. The van der Waals surface area contributed by atoms with Crippen LogP contribution in [-0.4, -0.2) is 29.8 Å². The largest absolute Gasteiger partial charge is 0.352 e. The molecule has 2 amide bonds. The molecule has 1 atom stereocenters. The number of hydrogen-bond acceptors (Lipinski definition) is 3. The van der Waals surface area contributed by atoms with E-state index in [1.165, 1.54) is 23.4 Å². The van der Waals surface area contributed by atoms with Gasteiger partial charge in [-0.3, -0.25) is 9.59 Å². The summed E-state index contributed by atoms with van der Waals surface area (Å²) in [6.07, 6.45) is 5.73. The highest BCUT2D eigenvalue weighted by molar-refractivity contribution is 7.14. The molecule has 1 unspecified atom stereocenters. The van der Waals surface area contributed by atoms with Crippen LogP contribution in [0.25, 0.3) is 0 Å². The van der Waals surface area contributed by atoms with Gasteiger partial charge in [-0.2, -0.15) is 0 Å². The Morgan fingerprint density at radius 2 is 1.89 bits per heavy atom. The molecule has 0 radical (unpaired) electrons. The molecule has 2 aliphatic rings. The average Bonchev–Trinajstić information content (AvgIpc) is 3.16. The number of carbonyl (C=O) groups is 2. The molecule has 1 aliphatic heterocycles. The molecule has 1 aliphatic carbocycles. The van der Waals surface area contributed by atoms with Crippen molar-refractivity contribution < 1.29 is 14.0 Å². The van der Waals surface area contributed by atoms with Crippen LogP contribution in [0.3, 0.4) is 0 Å². The van der Waals surface area contributed by atoms with Gasteiger partial charge in [0, 0.05) is 30.4 Å². The standard InChI is InChI=1S/C22H25FN2O2S/c23-18-7-4-15(5-8-18)14-24-21(26)16-6-9-19-17(12-16)13-20(28-19)22(27)25-10-2-1-3-11-25/h4-5,7-8,13,16H,1-3,6,9-12,14H2,(H,24,26). The highest BCUT2D eigenvalue weighted by atomic mass is 32.1. The third-order valence-electron chi connectivity index (χ3n) is 5.69. The molecule has 0 bridgehead atoms. The van der Waals surface area contributed by atoms with E-state index in [9.17, 15) is 14.0 Å². The first-order valence-corrected chi connectivity index (χ1v) is 10.8. The quantitative estimate of drug-likeness (QED) is 0.845. The fourth-order valence-corrected chi connectivity index (χ4v) is 5.22. The molecule has 2 heterocycles. The number of nitrogens with one attached hydrogen (secondary N) is 1. The summed E-state index contributed by atoms with van der Waals surface area (Å²) in [4.78, 5) is 29.4. The molecule has 1 N–H and O–H groups in total. The lowest BCUT2D eigenvalue weighted by Crippen LogP contribution is -2.35. The Hall–Kier alpha value is -2.21. The van der Waals surface area contributed by atoms with Gasteiger partial charge in [-0.05, 0) is 67.9 Å². The second-order valence-electron chi connectivity index (χ2n) is 7.70. The fourth-order valence-electron chi connectivity index (χ4n) is 4.04. The van der Waals surface area contributed by atoms with Crippen molar-refractivity contribution in [2.75, 3.05) is 13.1 Å². The Morgan fingerprint density at radius 3 is 2.64 bits per heavy atom. The van der Waals surface area contributed by atoms with Crippen LogP contribution in [0.1, 0.15) is 51.4 Å². The third-order valence-corrected chi connectivity index (χ3v) is 6.91. The van der Waals surface area contributed by atoms with Crippen LogP contribution in [0.2, 0.25) is 0 Å². The van der Waals surface area contributed by atoms with Crippen LogP contribution in [-0.2, 0) is 24.2 Å². The van der Waals surface area contributed by atoms with Crippen LogP contribution in [0.15, 0.2) is 30.3 Å². The van der Waals surface area contributed by atoms with E-state index in [4.69, 9.17) is 0 Å². The fraction of sp³-hybridized carbons (Fsp3) is 0.455. The predicted octanol–water partition coefficient (Wildman–Crippen LogP) is 3.93. The van der Waals surface area contributed by atoms with Crippen molar-refractivity contribution in [3.8, 4) is 0 Å². The minimum absolute atomic E-state index is 0.0325. The van der Waals surface area contributed by atoms with Crippen LogP contribution in [0, 0.1) is 11.7 Å². The van der Waals surface area contributed by atoms with Crippen molar-refractivity contribution in [3.05, 3.63) is 57.0 Å². The minimum atomic E-state index is -0.276. The van der Waals surface area contributed by atoms with Crippen molar-refractivity contribution in [2.45, 2.75) is 45.1 Å². The molecular formula is C22H25FN2O2S. The van der Waals surface area contributed by atoms with Crippen molar-refractivity contribution >= 4 is 23.2 Å². The zero-order chi connectivity index (χ0) is 19.5. The molecule has 6 heteroatoms. The topological polar surface area (TPSA) is 49.4 Å². The van der Waals surface area contributed by atoms with Gasteiger partial charge in [-0.25, -0.2) is 4.39 Å². The number of likely N-dealkylation sites (tertiary alicyclic amines) is 1. The number of fused-ring (bicyclic) bond motifs is 1. The summed E-state index contributed by atoms with van der Waals surface area (Å²) in [6.45, 7) is 2.12. The monoisotopic (exact) mass is 400 g/mol. The zero-order valence-electron chi connectivity index (χ0n) is 15.9. The number of aryl methyl sites for hydroxylation is 1. The van der Waals surface area contributed by atoms with Crippen LogP contribution < -0.4 is 5.32 Å². The maximum atomic E-state index is 13.0. The molecule has 1 fully saturated rings. The molecule has 0 saturated carbocycles. The molecule has 2 aromatic rings.